The van der Waals surface area contributed by atoms with Gasteiger partial charge in [0.2, 0.25) is 0 Å². The van der Waals surface area contributed by atoms with Gasteiger partial charge in [0.1, 0.15) is 0 Å². The molecule has 0 bridgehead atoms. The molecule has 5 nitrogen and oxygen atoms in total. The van der Waals surface area contributed by atoms with Crippen LogP contribution < -0.4 is 5.32 Å². The van der Waals surface area contributed by atoms with Gasteiger partial charge in [-0.25, -0.2) is 4.79 Å². The Labute approximate surface area is 123 Å². The molecule has 2 N–H and O–H groups in total. The predicted molar refractivity (Wildman–Crippen MR) is 81.7 cm³/mol. The number of carbonyl (C=O) groups is 1. The van der Waals surface area contributed by atoms with Gasteiger partial charge in [-0.3, -0.25) is 0 Å². The van der Waals surface area contributed by atoms with Crippen molar-refractivity contribution < 1.29 is 9.90 Å². The molecule has 0 aromatic rings. The Morgan fingerprint density at radius 1 is 1.45 bits per heavy atom. The van der Waals surface area contributed by atoms with Gasteiger partial charge < -0.3 is 20.2 Å². The molecule has 118 valence electrons. The van der Waals surface area contributed by atoms with Crippen molar-refractivity contribution in [3.8, 4) is 0 Å². The fourth-order valence-electron chi connectivity index (χ4n) is 2.85. The van der Waals surface area contributed by atoms with E-state index in [1.54, 1.807) is 0 Å². The third-order valence-corrected chi connectivity index (χ3v) is 3.73. The fourth-order valence-corrected chi connectivity index (χ4v) is 2.85. The normalized spacial score (nSPS) is 21.4. The number of urea groups is 1. The van der Waals surface area contributed by atoms with Crippen molar-refractivity contribution in [1.82, 2.24) is 15.1 Å². The molecule has 0 saturated carbocycles. The minimum absolute atomic E-state index is 0.0238. The van der Waals surface area contributed by atoms with Gasteiger partial charge in [-0.05, 0) is 45.2 Å². The summed E-state index contributed by atoms with van der Waals surface area (Å²) >= 11 is 0. The van der Waals surface area contributed by atoms with Crippen LogP contribution in [-0.4, -0.2) is 67.3 Å². The smallest absolute Gasteiger partial charge is 0.317 e. The molecule has 2 atom stereocenters. The second-order valence-electron chi connectivity index (χ2n) is 6.68. The van der Waals surface area contributed by atoms with E-state index < -0.39 is 0 Å². The third kappa shape index (κ3) is 6.09. The Hall–Kier alpha value is -0.810. The van der Waals surface area contributed by atoms with Gasteiger partial charge in [0.15, 0.2) is 0 Å². The van der Waals surface area contributed by atoms with E-state index in [0.717, 1.165) is 32.4 Å². The molecular weight excluding hydrogens is 254 g/mol. The number of carbonyl (C=O) groups excluding carboxylic acids is 1. The second-order valence-corrected chi connectivity index (χ2v) is 6.68. The summed E-state index contributed by atoms with van der Waals surface area (Å²) in [5.41, 5.74) is 0. The zero-order chi connectivity index (χ0) is 15.1. The molecule has 1 rings (SSSR count). The number of likely N-dealkylation sites (tertiary alicyclic amines) is 1. The van der Waals surface area contributed by atoms with Gasteiger partial charge in [-0.2, -0.15) is 0 Å². The van der Waals surface area contributed by atoms with E-state index in [0.29, 0.717) is 12.5 Å². The molecule has 20 heavy (non-hydrogen) atoms. The van der Waals surface area contributed by atoms with E-state index in [9.17, 15) is 9.90 Å². The summed E-state index contributed by atoms with van der Waals surface area (Å²) in [6.45, 7) is 6.88. The first kappa shape index (κ1) is 17.2. The van der Waals surface area contributed by atoms with Crippen LogP contribution in [-0.2, 0) is 0 Å². The number of hydrogen-bond acceptors (Lipinski definition) is 3. The number of piperidine rings is 1. The molecule has 0 aliphatic carbocycles. The molecule has 1 aliphatic heterocycles. The van der Waals surface area contributed by atoms with Crippen LogP contribution in [0.5, 0.6) is 0 Å². The van der Waals surface area contributed by atoms with Gasteiger partial charge in [-0.1, -0.05) is 13.8 Å². The van der Waals surface area contributed by atoms with Crippen molar-refractivity contribution in [3.63, 3.8) is 0 Å². The Morgan fingerprint density at radius 3 is 2.70 bits per heavy atom. The van der Waals surface area contributed by atoms with Crippen molar-refractivity contribution in [1.29, 1.82) is 0 Å². The summed E-state index contributed by atoms with van der Waals surface area (Å²) in [7, 11) is 4.06. The molecule has 1 heterocycles. The zero-order valence-corrected chi connectivity index (χ0v) is 13.4. The number of aliphatic hydroxyl groups excluding tert-OH is 1. The lowest BCUT2D eigenvalue weighted by Gasteiger charge is -2.34. The maximum Gasteiger partial charge on any atom is 0.317 e. The SMILES string of the molecule is CC(C)CC(CN(C)C)NC(=O)N1CCCC(CO)C1. The zero-order valence-electron chi connectivity index (χ0n) is 13.4. The van der Waals surface area contributed by atoms with Crippen LogP contribution in [0.3, 0.4) is 0 Å². The topological polar surface area (TPSA) is 55.8 Å². The van der Waals surface area contributed by atoms with Crippen molar-refractivity contribution >= 4 is 6.03 Å². The number of nitrogens with one attached hydrogen (secondary N) is 1. The van der Waals surface area contributed by atoms with Crippen LogP contribution in [0.2, 0.25) is 0 Å². The lowest BCUT2D eigenvalue weighted by molar-refractivity contribution is 0.126. The monoisotopic (exact) mass is 285 g/mol. The Balaban J connectivity index is 2.51. The molecule has 2 unspecified atom stereocenters. The molecule has 0 radical (unpaired) electrons. The lowest BCUT2D eigenvalue weighted by atomic mass is 9.99. The maximum absolute atomic E-state index is 12.3. The minimum atomic E-state index is 0.0238. The molecule has 0 aromatic heterocycles. The first-order chi connectivity index (χ1) is 9.42. The number of amides is 2. The highest BCUT2D eigenvalue weighted by Crippen LogP contribution is 2.16. The van der Waals surface area contributed by atoms with Crippen LogP contribution >= 0.6 is 0 Å². The van der Waals surface area contributed by atoms with Gasteiger partial charge >= 0.3 is 6.03 Å². The van der Waals surface area contributed by atoms with Gasteiger partial charge in [-0.15, -0.1) is 0 Å². The highest BCUT2D eigenvalue weighted by molar-refractivity contribution is 5.74. The van der Waals surface area contributed by atoms with Crippen LogP contribution in [0.4, 0.5) is 4.79 Å². The van der Waals surface area contributed by atoms with E-state index in [4.69, 9.17) is 0 Å². The lowest BCUT2D eigenvalue weighted by Crippen LogP contribution is -2.51. The van der Waals surface area contributed by atoms with Gasteiger partial charge in [0.05, 0.1) is 0 Å². The van der Waals surface area contributed by atoms with Crippen LogP contribution in [0.15, 0.2) is 0 Å². The van der Waals surface area contributed by atoms with Crippen molar-refractivity contribution in [2.45, 2.75) is 39.2 Å². The first-order valence-corrected chi connectivity index (χ1v) is 7.73. The number of aliphatic hydroxyl groups is 1. The summed E-state index contributed by atoms with van der Waals surface area (Å²) < 4.78 is 0. The average Bonchev–Trinajstić information content (AvgIpc) is 2.37. The van der Waals surface area contributed by atoms with Crippen molar-refractivity contribution in [3.05, 3.63) is 0 Å². The highest BCUT2D eigenvalue weighted by atomic mass is 16.3. The molecule has 0 spiro atoms. The van der Waals surface area contributed by atoms with E-state index in [1.165, 1.54) is 0 Å². The first-order valence-electron chi connectivity index (χ1n) is 7.73. The molecule has 2 amide bonds. The summed E-state index contributed by atoms with van der Waals surface area (Å²) in [6.07, 6.45) is 3.00. The molecule has 5 heteroatoms. The van der Waals surface area contributed by atoms with Crippen molar-refractivity contribution in [2.24, 2.45) is 11.8 Å². The number of hydrogen-bond donors (Lipinski definition) is 2. The molecule has 0 aromatic carbocycles. The van der Waals surface area contributed by atoms with E-state index in [2.05, 4.69) is 24.1 Å². The standard InChI is InChI=1S/C15H31N3O2/c1-12(2)8-14(10-17(3)4)16-15(20)18-7-5-6-13(9-18)11-19/h12-14,19H,5-11H2,1-4H3,(H,16,20). The minimum Gasteiger partial charge on any atom is -0.396 e. The Kier molecular flexibility index (Phi) is 7.30. The quantitative estimate of drug-likeness (QED) is 0.775. The van der Waals surface area contributed by atoms with Gasteiger partial charge in [0, 0.05) is 32.3 Å². The largest absolute Gasteiger partial charge is 0.396 e. The van der Waals surface area contributed by atoms with E-state index in [1.807, 2.05) is 19.0 Å². The Bertz CT molecular complexity index is 285. The number of nitrogens with zero attached hydrogens (tertiary/aromatic N) is 2. The Morgan fingerprint density at radius 2 is 2.15 bits per heavy atom. The fraction of sp³-hybridized carbons (Fsp3) is 0.933. The van der Waals surface area contributed by atoms with Crippen LogP contribution in [0.1, 0.15) is 33.1 Å². The van der Waals surface area contributed by atoms with Crippen LogP contribution in [0, 0.1) is 11.8 Å². The van der Waals surface area contributed by atoms with Gasteiger partial charge in [0.25, 0.3) is 0 Å². The number of likely N-dealkylation sites (N-methyl/N-ethyl adjacent to an activating group) is 1. The van der Waals surface area contributed by atoms with Crippen LogP contribution in [0.25, 0.3) is 0 Å². The number of rotatable bonds is 6. The summed E-state index contributed by atoms with van der Waals surface area (Å²) in [5.74, 6) is 0.804. The van der Waals surface area contributed by atoms with E-state index in [-0.39, 0.29) is 24.6 Å². The summed E-state index contributed by atoms with van der Waals surface area (Å²) in [5, 5.41) is 12.4. The molecule has 1 aliphatic rings. The molecule has 1 fully saturated rings. The third-order valence-electron chi connectivity index (χ3n) is 3.73. The second kappa shape index (κ2) is 8.47. The summed E-state index contributed by atoms with van der Waals surface area (Å²) in [4.78, 5) is 16.3. The predicted octanol–water partition coefficient (Wildman–Crippen LogP) is 1.38. The summed E-state index contributed by atoms with van der Waals surface area (Å²) in [6, 6.07) is 0.211. The molecular formula is C15H31N3O2. The van der Waals surface area contributed by atoms with E-state index >= 15 is 0 Å². The average molecular weight is 285 g/mol. The highest BCUT2D eigenvalue weighted by Gasteiger charge is 2.25. The van der Waals surface area contributed by atoms with Crippen molar-refractivity contribution in [2.75, 3.05) is 40.3 Å². The molecule has 1 saturated heterocycles. The maximum atomic E-state index is 12.3.